The zero-order valence-corrected chi connectivity index (χ0v) is 18.2. The van der Waals surface area contributed by atoms with Crippen molar-refractivity contribution in [2.75, 3.05) is 0 Å². The average Bonchev–Trinajstić information content (AvgIpc) is 3.27. The van der Waals surface area contributed by atoms with E-state index in [1.54, 1.807) is 13.2 Å². The fraction of sp³-hybridized carbons (Fsp3) is 0.480. The standard InChI is InChI=1S/C25H34O4/c1-18(8-5-9-19(2)11-7-13-22-14-15-28-17-22)10-6-12-20(3)16-23-24(26)21(4)25(27)29-23/h8,11,14-17,20,26H,5-7,9-10,12-13H2,1-4H3/b18-8?,19-11+,23-16-/t20-/m1/s1. The van der Waals surface area contributed by atoms with E-state index in [1.807, 2.05) is 18.4 Å². The van der Waals surface area contributed by atoms with Crippen LogP contribution in [0.25, 0.3) is 0 Å². The summed E-state index contributed by atoms with van der Waals surface area (Å²) in [6.07, 6.45) is 17.4. The highest BCUT2D eigenvalue weighted by molar-refractivity contribution is 5.93. The first-order chi connectivity index (χ1) is 13.9. The van der Waals surface area contributed by atoms with E-state index >= 15 is 0 Å². The Kier molecular flexibility index (Phi) is 9.04. The second-order valence-electron chi connectivity index (χ2n) is 8.07. The van der Waals surface area contributed by atoms with Crippen LogP contribution in [0.4, 0.5) is 0 Å². The van der Waals surface area contributed by atoms with Gasteiger partial charge in [0.1, 0.15) is 0 Å². The quantitative estimate of drug-likeness (QED) is 0.323. The molecule has 29 heavy (non-hydrogen) atoms. The van der Waals surface area contributed by atoms with Crippen molar-refractivity contribution in [3.8, 4) is 0 Å². The topological polar surface area (TPSA) is 59.7 Å². The number of esters is 1. The molecule has 4 heteroatoms. The molecule has 158 valence electrons. The van der Waals surface area contributed by atoms with Crippen molar-refractivity contribution in [1.29, 1.82) is 0 Å². The number of furan rings is 1. The molecule has 1 aliphatic heterocycles. The van der Waals surface area contributed by atoms with Gasteiger partial charge >= 0.3 is 5.97 Å². The van der Waals surface area contributed by atoms with E-state index in [2.05, 4.69) is 32.9 Å². The van der Waals surface area contributed by atoms with Crippen molar-refractivity contribution in [2.24, 2.45) is 5.92 Å². The maximum absolute atomic E-state index is 11.4. The van der Waals surface area contributed by atoms with Crippen molar-refractivity contribution in [1.82, 2.24) is 0 Å². The fourth-order valence-electron chi connectivity index (χ4n) is 3.33. The molecule has 0 saturated heterocycles. The number of allylic oxidation sites excluding steroid dienone is 5. The number of aliphatic hydroxyl groups is 1. The smallest absolute Gasteiger partial charge is 0.343 e. The first kappa shape index (κ1) is 22.8. The van der Waals surface area contributed by atoms with E-state index in [4.69, 9.17) is 9.15 Å². The predicted molar refractivity (Wildman–Crippen MR) is 116 cm³/mol. The lowest BCUT2D eigenvalue weighted by Crippen LogP contribution is -1.97. The molecule has 0 fully saturated rings. The second kappa shape index (κ2) is 11.5. The van der Waals surface area contributed by atoms with E-state index in [1.165, 1.54) is 16.7 Å². The molecule has 1 aromatic rings. The van der Waals surface area contributed by atoms with E-state index in [9.17, 15) is 9.90 Å². The van der Waals surface area contributed by atoms with Crippen LogP contribution in [-0.2, 0) is 16.0 Å². The summed E-state index contributed by atoms with van der Waals surface area (Å²) in [5, 5.41) is 9.88. The molecule has 0 amide bonds. The molecule has 0 radical (unpaired) electrons. The van der Waals surface area contributed by atoms with Gasteiger partial charge in [-0.2, -0.15) is 0 Å². The van der Waals surface area contributed by atoms with Crippen LogP contribution in [0.3, 0.4) is 0 Å². The summed E-state index contributed by atoms with van der Waals surface area (Å²) in [7, 11) is 0. The van der Waals surface area contributed by atoms with E-state index in [-0.39, 0.29) is 17.3 Å². The largest absolute Gasteiger partial charge is 0.504 e. The Labute approximate surface area is 174 Å². The van der Waals surface area contributed by atoms with Crippen molar-refractivity contribution < 1.29 is 19.1 Å². The molecular formula is C25H34O4. The molecule has 0 bridgehead atoms. The van der Waals surface area contributed by atoms with Crippen LogP contribution in [0, 0.1) is 5.92 Å². The van der Waals surface area contributed by atoms with Crippen LogP contribution in [0.15, 0.2) is 69.5 Å². The van der Waals surface area contributed by atoms with Crippen LogP contribution in [0.2, 0.25) is 0 Å². The molecular weight excluding hydrogens is 364 g/mol. The number of hydrogen-bond donors (Lipinski definition) is 1. The molecule has 0 aliphatic carbocycles. The fourth-order valence-corrected chi connectivity index (χ4v) is 3.33. The molecule has 1 aromatic heterocycles. The number of aryl methyl sites for hydroxylation is 1. The molecule has 0 unspecified atom stereocenters. The number of carbonyl (C=O) groups excluding carboxylic acids is 1. The minimum atomic E-state index is -0.453. The molecule has 2 heterocycles. The predicted octanol–water partition coefficient (Wildman–Crippen LogP) is 6.96. The molecule has 0 saturated carbocycles. The third-order valence-corrected chi connectivity index (χ3v) is 5.30. The van der Waals surface area contributed by atoms with Gasteiger partial charge in [0.25, 0.3) is 0 Å². The number of hydrogen-bond acceptors (Lipinski definition) is 4. The zero-order chi connectivity index (χ0) is 21.2. The summed E-state index contributed by atoms with van der Waals surface area (Å²) < 4.78 is 10.2. The van der Waals surface area contributed by atoms with Gasteiger partial charge < -0.3 is 14.3 Å². The van der Waals surface area contributed by atoms with Crippen molar-refractivity contribution in [3.63, 3.8) is 0 Å². The van der Waals surface area contributed by atoms with Crippen molar-refractivity contribution >= 4 is 5.97 Å². The first-order valence-corrected chi connectivity index (χ1v) is 10.5. The van der Waals surface area contributed by atoms with Gasteiger partial charge in [-0.25, -0.2) is 4.79 Å². The Balaban J connectivity index is 1.63. The maximum Gasteiger partial charge on any atom is 0.343 e. The van der Waals surface area contributed by atoms with Crippen molar-refractivity contribution in [3.05, 3.63) is 70.6 Å². The van der Waals surface area contributed by atoms with Crippen LogP contribution in [0.1, 0.15) is 71.8 Å². The molecule has 1 N–H and O–H groups in total. The minimum absolute atomic E-state index is 0.0221. The third kappa shape index (κ3) is 7.80. The number of carbonyl (C=O) groups is 1. The first-order valence-electron chi connectivity index (χ1n) is 10.5. The number of aliphatic hydroxyl groups excluding tert-OH is 1. The zero-order valence-electron chi connectivity index (χ0n) is 18.2. The van der Waals surface area contributed by atoms with Crippen molar-refractivity contribution in [2.45, 2.75) is 72.6 Å². The van der Waals surface area contributed by atoms with Gasteiger partial charge in [-0.05, 0) is 89.3 Å². The van der Waals surface area contributed by atoms with Gasteiger partial charge in [0, 0.05) is 0 Å². The molecule has 4 nitrogen and oxygen atoms in total. The van der Waals surface area contributed by atoms with E-state index in [0.29, 0.717) is 5.76 Å². The lowest BCUT2D eigenvalue weighted by atomic mass is 9.99. The lowest BCUT2D eigenvalue weighted by molar-refractivity contribution is -0.133. The lowest BCUT2D eigenvalue weighted by Gasteiger charge is -2.08. The van der Waals surface area contributed by atoms with Gasteiger partial charge in [0.15, 0.2) is 11.5 Å². The second-order valence-corrected chi connectivity index (χ2v) is 8.07. The summed E-state index contributed by atoms with van der Waals surface area (Å²) in [5.41, 5.74) is 4.39. The highest BCUT2D eigenvalue weighted by atomic mass is 16.6. The van der Waals surface area contributed by atoms with Crippen LogP contribution < -0.4 is 0 Å². The summed E-state index contributed by atoms with van der Waals surface area (Å²) in [6, 6.07) is 2.02. The van der Waals surface area contributed by atoms with Gasteiger partial charge in [0.05, 0.1) is 18.1 Å². The molecule has 0 spiro atoms. The van der Waals surface area contributed by atoms with Crippen LogP contribution in [0.5, 0.6) is 0 Å². The molecule has 1 atom stereocenters. The Bertz CT molecular complexity index is 791. The number of ether oxygens (including phenoxy) is 1. The minimum Gasteiger partial charge on any atom is -0.504 e. The van der Waals surface area contributed by atoms with Gasteiger partial charge in [-0.15, -0.1) is 0 Å². The Morgan fingerprint density at radius 2 is 1.90 bits per heavy atom. The Morgan fingerprint density at radius 3 is 2.55 bits per heavy atom. The normalized spacial score (nSPS) is 17.9. The van der Waals surface area contributed by atoms with Crippen LogP contribution >= 0.6 is 0 Å². The number of rotatable bonds is 11. The van der Waals surface area contributed by atoms with E-state index in [0.717, 1.165) is 44.9 Å². The highest BCUT2D eigenvalue weighted by Crippen LogP contribution is 2.26. The van der Waals surface area contributed by atoms with Gasteiger partial charge in [-0.1, -0.05) is 30.2 Å². The maximum atomic E-state index is 11.4. The molecule has 1 aliphatic rings. The number of cyclic esters (lactones) is 1. The van der Waals surface area contributed by atoms with E-state index < -0.39 is 5.97 Å². The molecule has 2 rings (SSSR count). The van der Waals surface area contributed by atoms with Gasteiger partial charge in [-0.3, -0.25) is 0 Å². The Morgan fingerprint density at radius 1 is 1.17 bits per heavy atom. The molecule has 0 aromatic carbocycles. The SMILES string of the molecule is CC(=CCC/C(C)=C/CCc1ccoc1)CCC[C@@H](C)/C=C1\OC(=O)C(C)=C1O. The Hall–Kier alpha value is -2.49. The summed E-state index contributed by atoms with van der Waals surface area (Å²) in [5.74, 6) is 0.0815. The monoisotopic (exact) mass is 398 g/mol. The summed E-state index contributed by atoms with van der Waals surface area (Å²) in [4.78, 5) is 11.4. The summed E-state index contributed by atoms with van der Waals surface area (Å²) >= 11 is 0. The van der Waals surface area contributed by atoms with Gasteiger partial charge in [0.2, 0.25) is 0 Å². The average molecular weight is 399 g/mol. The third-order valence-electron chi connectivity index (χ3n) is 5.30. The highest BCUT2D eigenvalue weighted by Gasteiger charge is 2.26. The summed E-state index contributed by atoms with van der Waals surface area (Å²) in [6.45, 7) is 8.05. The van der Waals surface area contributed by atoms with Crippen LogP contribution in [-0.4, -0.2) is 11.1 Å².